The Morgan fingerprint density at radius 1 is 0.732 bits per heavy atom. The second-order valence-corrected chi connectivity index (χ2v) is 10.6. The highest BCUT2D eigenvalue weighted by Gasteiger charge is 2.17. The minimum absolute atomic E-state index is 0.0229. The summed E-state index contributed by atoms with van der Waals surface area (Å²) in [5.41, 5.74) is 7.12. The van der Waals surface area contributed by atoms with E-state index in [1.807, 2.05) is 66.9 Å². The fourth-order valence-corrected chi connectivity index (χ4v) is 5.42. The van der Waals surface area contributed by atoms with Crippen LogP contribution >= 0.6 is 0 Å². The SMILES string of the molecule is O=C(Cc1ccccc1)Nc1ccc(-c2ccc3ncc(N4CCCN(CCc5ccccc5)CC4)nc3c2)cc1. The summed E-state index contributed by atoms with van der Waals surface area (Å²) in [5, 5.41) is 3.00. The Morgan fingerprint density at radius 3 is 2.24 bits per heavy atom. The first kappa shape index (κ1) is 26.7. The van der Waals surface area contributed by atoms with Crippen molar-refractivity contribution < 1.29 is 4.79 Å². The first-order chi connectivity index (χ1) is 20.2. The molecule has 0 aliphatic carbocycles. The summed E-state index contributed by atoms with van der Waals surface area (Å²) in [5.74, 6) is 0.918. The summed E-state index contributed by atoms with van der Waals surface area (Å²) in [6.45, 7) is 5.16. The maximum Gasteiger partial charge on any atom is 0.228 e. The topological polar surface area (TPSA) is 61.4 Å². The van der Waals surface area contributed by atoms with Crippen LogP contribution in [0, 0.1) is 0 Å². The predicted octanol–water partition coefficient (Wildman–Crippen LogP) is 6.23. The quantitative estimate of drug-likeness (QED) is 0.252. The number of anilines is 2. The molecule has 0 spiro atoms. The zero-order chi connectivity index (χ0) is 27.9. The van der Waals surface area contributed by atoms with Crippen LogP contribution in [-0.4, -0.2) is 53.5 Å². The number of amides is 1. The molecule has 1 aliphatic rings. The van der Waals surface area contributed by atoms with Crippen molar-refractivity contribution in [1.29, 1.82) is 0 Å². The van der Waals surface area contributed by atoms with Gasteiger partial charge < -0.3 is 15.1 Å². The number of nitrogens with one attached hydrogen (secondary N) is 1. The van der Waals surface area contributed by atoms with Crippen molar-refractivity contribution in [3.8, 4) is 11.1 Å². The van der Waals surface area contributed by atoms with Gasteiger partial charge >= 0.3 is 0 Å². The molecule has 0 atom stereocenters. The van der Waals surface area contributed by atoms with Crippen LogP contribution < -0.4 is 10.2 Å². The van der Waals surface area contributed by atoms with E-state index in [2.05, 4.69) is 57.6 Å². The molecule has 1 saturated heterocycles. The van der Waals surface area contributed by atoms with Gasteiger partial charge in [0.1, 0.15) is 5.82 Å². The molecule has 1 fully saturated rings. The molecule has 0 saturated carbocycles. The number of rotatable bonds is 8. The zero-order valence-corrected chi connectivity index (χ0v) is 23.2. The van der Waals surface area contributed by atoms with Crippen LogP contribution in [0.3, 0.4) is 0 Å². The van der Waals surface area contributed by atoms with Gasteiger partial charge in [-0.25, -0.2) is 4.98 Å². The molecule has 0 bridgehead atoms. The molecule has 6 heteroatoms. The largest absolute Gasteiger partial charge is 0.354 e. The smallest absolute Gasteiger partial charge is 0.228 e. The highest BCUT2D eigenvalue weighted by atomic mass is 16.1. The molecule has 1 aliphatic heterocycles. The van der Waals surface area contributed by atoms with E-state index in [0.29, 0.717) is 6.42 Å². The minimum atomic E-state index is -0.0229. The number of carbonyl (C=O) groups is 1. The Hall–Kier alpha value is -4.55. The molecule has 0 unspecified atom stereocenters. The third kappa shape index (κ3) is 6.97. The van der Waals surface area contributed by atoms with E-state index in [1.54, 1.807) is 0 Å². The van der Waals surface area contributed by atoms with Crippen LogP contribution in [0.4, 0.5) is 11.5 Å². The fraction of sp³-hybridized carbons (Fsp3) is 0.229. The van der Waals surface area contributed by atoms with Gasteiger partial charge in [-0.05, 0) is 65.9 Å². The molecule has 2 heterocycles. The number of fused-ring (bicyclic) bond motifs is 1. The van der Waals surface area contributed by atoms with E-state index in [0.717, 1.165) is 84.8 Å². The van der Waals surface area contributed by atoms with Gasteiger partial charge in [-0.2, -0.15) is 0 Å². The van der Waals surface area contributed by atoms with Crippen LogP contribution in [0.2, 0.25) is 0 Å². The van der Waals surface area contributed by atoms with Crippen molar-refractivity contribution in [2.24, 2.45) is 0 Å². The van der Waals surface area contributed by atoms with E-state index < -0.39 is 0 Å². The molecule has 4 aromatic carbocycles. The third-order valence-electron chi connectivity index (χ3n) is 7.71. The van der Waals surface area contributed by atoms with Crippen LogP contribution in [0.25, 0.3) is 22.2 Å². The van der Waals surface area contributed by atoms with E-state index in [4.69, 9.17) is 9.97 Å². The Labute approximate surface area is 241 Å². The molecule has 0 radical (unpaired) electrons. The summed E-state index contributed by atoms with van der Waals surface area (Å²) >= 11 is 0. The molecule has 41 heavy (non-hydrogen) atoms. The van der Waals surface area contributed by atoms with Crippen molar-refractivity contribution in [3.05, 3.63) is 120 Å². The van der Waals surface area contributed by atoms with Gasteiger partial charge in [0.05, 0.1) is 23.7 Å². The molecule has 206 valence electrons. The van der Waals surface area contributed by atoms with E-state index in [9.17, 15) is 4.79 Å². The predicted molar refractivity (Wildman–Crippen MR) is 167 cm³/mol. The van der Waals surface area contributed by atoms with Crippen molar-refractivity contribution in [2.75, 3.05) is 42.9 Å². The number of nitrogens with zero attached hydrogens (tertiary/aromatic N) is 4. The Kier molecular flexibility index (Phi) is 8.29. The molecule has 1 N–H and O–H groups in total. The molecule has 6 nitrogen and oxygen atoms in total. The van der Waals surface area contributed by atoms with Gasteiger partial charge in [0.15, 0.2) is 0 Å². The molecule has 5 aromatic rings. The van der Waals surface area contributed by atoms with Crippen LogP contribution in [0.15, 0.2) is 109 Å². The lowest BCUT2D eigenvalue weighted by Gasteiger charge is -2.22. The average molecular weight is 542 g/mol. The van der Waals surface area contributed by atoms with Crippen molar-refractivity contribution >= 4 is 28.4 Å². The van der Waals surface area contributed by atoms with Gasteiger partial charge in [-0.15, -0.1) is 0 Å². The average Bonchev–Trinajstić information content (AvgIpc) is 3.27. The summed E-state index contributed by atoms with van der Waals surface area (Å²) in [7, 11) is 0. The van der Waals surface area contributed by atoms with Gasteiger partial charge in [-0.1, -0.05) is 78.9 Å². The number of benzene rings is 4. The first-order valence-corrected chi connectivity index (χ1v) is 14.4. The maximum atomic E-state index is 12.4. The number of hydrogen-bond donors (Lipinski definition) is 1. The van der Waals surface area contributed by atoms with Crippen LogP contribution in [0.1, 0.15) is 17.5 Å². The van der Waals surface area contributed by atoms with Crippen molar-refractivity contribution in [1.82, 2.24) is 14.9 Å². The van der Waals surface area contributed by atoms with Crippen molar-refractivity contribution in [3.63, 3.8) is 0 Å². The monoisotopic (exact) mass is 541 g/mol. The third-order valence-corrected chi connectivity index (χ3v) is 7.71. The summed E-state index contributed by atoms with van der Waals surface area (Å²) in [6.07, 6.45) is 4.47. The second kappa shape index (κ2) is 12.7. The minimum Gasteiger partial charge on any atom is -0.354 e. The molecular weight excluding hydrogens is 506 g/mol. The van der Waals surface area contributed by atoms with E-state index >= 15 is 0 Å². The lowest BCUT2D eigenvalue weighted by molar-refractivity contribution is -0.115. The standard InChI is InChI=1S/C35H35N5O/c41-35(24-28-10-5-2-6-11-28)37-31-15-12-29(13-16-31)30-14-17-32-33(25-30)38-34(26-36-32)40-20-7-19-39(22-23-40)21-18-27-8-3-1-4-9-27/h1-6,8-17,25-26H,7,18-24H2,(H,37,41). The molecule has 6 rings (SSSR count). The lowest BCUT2D eigenvalue weighted by atomic mass is 10.0. The lowest BCUT2D eigenvalue weighted by Crippen LogP contribution is -2.32. The van der Waals surface area contributed by atoms with E-state index in [1.165, 1.54) is 5.56 Å². The molecule has 1 amide bonds. The first-order valence-electron chi connectivity index (χ1n) is 14.4. The Balaban J connectivity index is 1.09. The summed E-state index contributed by atoms with van der Waals surface area (Å²) < 4.78 is 0. The van der Waals surface area contributed by atoms with Crippen molar-refractivity contribution in [2.45, 2.75) is 19.3 Å². The zero-order valence-electron chi connectivity index (χ0n) is 23.2. The molecule has 1 aromatic heterocycles. The normalized spacial score (nSPS) is 14.1. The van der Waals surface area contributed by atoms with Crippen LogP contribution in [0.5, 0.6) is 0 Å². The van der Waals surface area contributed by atoms with E-state index in [-0.39, 0.29) is 5.91 Å². The Morgan fingerprint density at radius 2 is 1.46 bits per heavy atom. The van der Waals surface area contributed by atoms with Gasteiger partial charge in [0.25, 0.3) is 0 Å². The summed E-state index contributed by atoms with van der Waals surface area (Å²) in [4.78, 5) is 27.1. The fourth-order valence-electron chi connectivity index (χ4n) is 5.42. The molecular formula is C35H35N5O. The maximum absolute atomic E-state index is 12.4. The second-order valence-electron chi connectivity index (χ2n) is 10.6. The van der Waals surface area contributed by atoms with Crippen LogP contribution in [-0.2, 0) is 17.6 Å². The number of carbonyl (C=O) groups excluding carboxylic acids is 1. The number of hydrogen-bond acceptors (Lipinski definition) is 5. The highest BCUT2D eigenvalue weighted by Crippen LogP contribution is 2.26. The highest BCUT2D eigenvalue weighted by molar-refractivity contribution is 5.92. The summed E-state index contributed by atoms with van der Waals surface area (Å²) in [6, 6.07) is 34.7. The van der Waals surface area contributed by atoms with Gasteiger partial charge in [0, 0.05) is 31.9 Å². The van der Waals surface area contributed by atoms with Gasteiger partial charge in [0.2, 0.25) is 5.91 Å². The Bertz CT molecular complexity index is 1590. The number of aromatic nitrogens is 2. The van der Waals surface area contributed by atoms with Gasteiger partial charge in [-0.3, -0.25) is 9.78 Å².